The summed E-state index contributed by atoms with van der Waals surface area (Å²) in [5.74, 6) is 0. The van der Waals surface area contributed by atoms with E-state index in [2.05, 4.69) is 20.8 Å². The van der Waals surface area contributed by atoms with Crippen LogP contribution in [0.5, 0.6) is 0 Å². The summed E-state index contributed by atoms with van der Waals surface area (Å²) in [5, 5.41) is 1.03. The van der Waals surface area contributed by atoms with Gasteiger partial charge >= 0.3 is 0 Å². The topological polar surface area (TPSA) is 21.7 Å². The van der Waals surface area contributed by atoms with E-state index < -0.39 is 0 Å². The molecule has 0 spiro atoms. The summed E-state index contributed by atoms with van der Waals surface area (Å²) >= 11 is 3.46. The first-order valence-electron chi connectivity index (χ1n) is 5.11. The lowest BCUT2D eigenvalue weighted by Gasteiger charge is -2.20. The predicted molar refractivity (Wildman–Crippen MR) is 63.2 cm³/mol. The first kappa shape index (κ1) is 14.4. The molecule has 0 bridgehead atoms. The van der Waals surface area contributed by atoms with Gasteiger partial charge in [0.1, 0.15) is 0 Å². The number of ether oxygens (including phenoxy) is 2. The molecule has 0 aromatic rings. The Morgan fingerprint density at radius 3 is 2.21 bits per heavy atom. The fourth-order valence-electron chi connectivity index (χ4n) is 1.26. The first-order chi connectivity index (χ1) is 6.85. The van der Waals surface area contributed by atoms with Crippen LogP contribution in [0.25, 0.3) is 0 Å². The largest absolute Gasteiger partial charge is 0.385 e. The van der Waals surface area contributed by atoms with Crippen LogP contribution in [0.1, 0.15) is 12.8 Å². The van der Waals surface area contributed by atoms with Crippen LogP contribution >= 0.6 is 15.9 Å². The van der Waals surface area contributed by atoms with Crippen molar-refractivity contribution < 1.29 is 9.47 Å². The SMILES string of the molecule is COCCCCN(CCBr)CCOC. The third kappa shape index (κ3) is 8.94. The van der Waals surface area contributed by atoms with E-state index in [1.807, 2.05) is 0 Å². The molecular weight excluding hydrogens is 246 g/mol. The zero-order chi connectivity index (χ0) is 10.6. The highest BCUT2D eigenvalue weighted by Crippen LogP contribution is 1.97. The van der Waals surface area contributed by atoms with Gasteiger partial charge in [-0.1, -0.05) is 15.9 Å². The lowest BCUT2D eigenvalue weighted by Crippen LogP contribution is -2.30. The van der Waals surface area contributed by atoms with E-state index >= 15 is 0 Å². The van der Waals surface area contributed by atoms with E-state index in [4.69, 9.17) is 9.47 Å². The number of nitrogens with zero attached hydrogens (tertiary/aromatic N) is 1. The highest BCUT2D eigenvalue weighted by atomic mass is 79.9. The van der Waals surface area contributed by atoms with Crippen molar-refractivity contribution in [3.63, 3.8) is 0 Å². The van der Waals surface area contributed by atoms with Gasteiger partial charge in [0.2, 0.25) is 0 Å². The molecule has 14 heavy (non-hydrogen) atoms. The molecule has 0 fully saturated rings. The Kier molecular flexibility index (Phi) is 11.7. The number of hydrogen-bond donors (Lipinski definition) is 0. The van der Waals surface area contributed by atoms with Crippen molar-refractivity contribution in [1.29, 1.82) is 0 Å². The maximum absolute atomic E-state index is 5.06. The number of halogens is 1. The molecule has 0 heterocycles. The average Bonchev–Trinajstić information content (AvgIpc) is 2.20. The van der Waals surface area contributed by atoms with Crippen molar-refractivity contribution >= 4 is 15.9 Å². The van der Waals surface area contributed by atoms with Crippen molar-refractivity contribution in [2.75, 3.05) is 52.4 Å². The van der Waals surface area contributed by atoms with Crippen molar-refractivity contribution in [3.05, 3.63) is 0 Å². The molecule has 0 aliphatic rings. The van der Waals surface area contributed by atoms with Gasteiger partial charge in [0, 0.05) is 39.2 Å². The summed E-state index contributed by atoms with van der Waals surface area (Å²) in [6.07, 6.45) is 2.34. The molecule has 0 N–H and O–H groups in total. The number of hydrogen-bond acceptors (Lipinski definition) is 3. The molecule has 0 aromatic carbocycles. The summed E-state index contributed by atoms with van der Waals surface area (Å²) in [6.45, 7) is 4.94. The van der Waals surface area contributed by atoms with Gasteiger partial charge in [-0.3, -0.25) is 0 Å². The maximum Gasteiger partial charge on any atom is 0.0589 e. The molecule has 3 nitrogen and oxygen atoms in total. The van der Waals surface area contributed by atoms with Crippen molar-refractivity contribution in [2.45, 2.75) is 12.8 Å². The Morgan fingerprint density at radius 2 is 1.64 bits per heavy atom. The molecule has 0 atom stereocenters. The monoisotopic (exact) mass is 267 g/mol. The number of unbranched alkanes of at least 4 members (excludes halogenated alkanes) is 1. The zero-order valence-corrected chi connectivity index (χ0v) is 10.9. The summed E-state index contributed by atoms with van der Waals surface area (Å²) in [6, 6.07) is 0. The van der Waals surface area contributed by atoms with E-state index in [1.54, 1.807) is 14.2 Å². The van der Waals surface area contributed by atoms with Crippen LogP contribution in [-0.2, 0) is 9.47 Å². The van der Waals surface area contributed by atoms with E-state index in [0.717, 1.165) is 44.6 Å². The van der Waals surface area contributed by atoms with Crippen LogP contribution in [-0.4, -0.2) is 57.3 Å². The Labute approximate surface area is 95.9 Å². The smallest absolute Gasteiger partial charge is 0.0589 e. The predicted octanol–water partition coefficient (Wildman–Crippen LogP) is 1.76. The normalized spacial score (nSPS) is 11.1. The Morgan fingerprint density at radius 1 is 0.929 bits per heavy atom. The van der Waals surface area contributed by atoms with Gasteiger partial charge in [0.25, 0.3) is 0 Å². The average molecular weight is 268 g/mol. The minimum Gasteiger partial charge on any atom is -0.385 e. The molecule has 0 unspecified atom stereocenters. The van der Waals surface area contributed by atoms with Crippen LogP contribution in [0.2, 0.25) is 0 Å². The molecule has 0 aliphatic carbocycles. The number of alkyl halides is 1. The second kappa shape index (κ2) is 11.4. The molecule has 86 valence electrons. The maximum atomic E-state index is 5.06. The van der Waals surface area contributed by atoms with Crippen molar-refractivity contribution in [2.24, 2.45) is 0 Å². The lowest BCUT2D eigenvalue weighted by atomic mass is 10.3. The van der Waals surface area contributed by atoms with E-state index in [-0.39, 0.29) is 0 Å². The highest BCUT2D eigenvalue weighted by molar-refractivity contribution is 9.09. The summed E-state index contributed by atoms with van der Waals surface area (Å²) in [7, 11) is 3.50. The van der Waals surface area contributed by atoms with Gasteiger partial charge in [-0.25, -0.2) is 0 Å². The van der Waals surface area contributed by atoms with Gasteiger partial charge in [-0.05, 0) is 19.4 Å². The molecule has 0 aliphatic heterocycles. The zero-order valence-electron chi connectivity index (χ0n) is 9.30. The fourth-order valence-corrected chi connectivity index (χ4v) is 1.76. The summed E-state index contributed by atoms with van der Waals surface area (Å²) < 4.78 is 10.1. The molecule has 0 rings (SSSR count). The molecule has 0 aromatic heterocycles. The molecule has 0 amide bonds. The Bertz CT molecular complexity index is 114. The lowest BCUT2D eigenvalue weighted by molar-refractivity contribution is 0.145. The van der Waals surface area contributed by atoms with Crippen LogP contribution in [0.15, 0.2) is 0 Å². The molecular formula is C10H22BrNO2. The Hall–Kier alpha value is 0.360. The van der Waals surface area contributed by atoms with Gasteiger partial charge in [0.05, 0.1) is 6.61 Å². The number of methoxy groups -OCH3 is 2. The third-order valence-corrected chi connectivity index (χ3v) is 2.44. The van der Waals surface area contributed by atoms with E-state index in [9.17, 15) is 0 Å². The molecule has 0 radical (unpaired) electrons. The molecule has 0 saturated carbocycles. The van der Waals surface area contributed by atoms with Crippen LogP contribution in [0, 0.1) is 0 Å². The van der Waals surface area contributed by atoms with Gasteiger partial charge in [-0.2, -0.15) is 0 Å². The second-order valence-corrected chi connectivity index (χ2v) is 4.02. The third-order valence-electron chi connectivity index (χ3n) is 2.09. The molecule has 4 heteroatoms. The molecule has 0 saturated heterocycles. The minimum absolute atomic E-state index is 0.817. The Balaban J connectivity index is 3.40. The summed E-state index contributed by atoms with van der Waals surface area (Å²) in [4.78, 5) is 2.41. The van der Waals surface area contributed by atoms with Crippen LogP contribution in [0.4, 0.5) is 0 Å². The summed E-state index contributed by atoms with van der Waals surface area (Å²) in [5.41, 5.74) is 0. The fraction of sp³-hybridized carbons (Fsp3) is 1.00. The number of rotatable bonds is 10. The van der Waals surface area contributed by atoms with Gasteiger partial charge in [0.15, 0.2) is 0 Å². The standard InChI is InChI=1S/C10H22BrNO2/c1-13-9-4-3-6-12(7-5-11)8-10-14-2/h3-10H2,1-2H3. The first-order valence-corrected chi connectivity index (χ1v) is 6.23. The van der Waals surface area contributed by atoms with Crippen molar-refractivity contribution in [3.8, 4) is 0 Å². The van der Waals surface area contributed by atoms with E-state index in [0.29, 0.717) is 0 Å². The second-order valence-electron chi connectivity index (χ2n) is 3.22. The van der Waals surface area contributed by atoms with Gasteiger partial charge < -0.3 is 14.4 Å². The van der Waals surface area contributed by atoms with Crippen LogP contribution in [0.3, 0.4) is 0 Å². The van der Waals surface area contributed by atoms with Crippen molar-refractivity contribution in [1.82, 2.24) is 4.90 Å². The minimum atomic E-state index is 0.817. The van der Waals surface area contributed by atoms with E-state index in [1.165, 1.54) is 6.42 Å². The quantitative estimate of drug-likeness (QED) is 0.445. The van der Waals surface area contributed by atoms with Gasteiger partial charge in [-0.15, -0.1) is 0 Å². The highest BCUT2D eigenvalue weighted by Gasteiger charge is 2.02. The van der Waals surface area contributed by atoms with Crippen LogP contribution < -0.4 is 0 Å².